The fourth-order valence-corrected chi connectivity index (χ4v) is 2.32. The molecule has 1 N–H and O–H groups in total. The van der Waals surface area contributed by atoms with Crippen LogP contribution in [0.3, 0.4) is 0 Å². The van der Waals surface area contributed by atoms with E-state index in [-0.39, 0.29) is 0 Å². The Morgan fingerprint density at radius 2 is 2.21 bits per heavy atom. The normalized spacial score (nSPS) is 11.2. The summed E-state index contributed by atoms with van der Waals surface area (Å²) in [5.41, 5.74) is 0.920. The zero-order chi connectivity index (χ0) is 13.8. The van der Waals surface area contributed by atoms with Crippen LogP contribution >= 0.6 is 27.5 Å². The number of oxazole rings is 1. The predicted molar refractivity (Wildman–Crippen MR) is 81.5 cm³/mol. The van der Waals surface area contributed by atoms with Crippen LogP contribution in [0.15, 0.2) is 33.3 Å². The van der Waals surface area contributed by atoms with Crippen LogP contribution < -0.4 is 5.32 Å². The number of aromatic nitrogens is 1. The fraction of sp³-hybridized carbons (Fsp3) is 0.357. The molecule has 1 heterocycles. The highest BCUT2D eigenvalue weighted by atomic mass is 79.9. The van der Waals surface area contributed by atoms with Crippen molar-refractivity contribution in [3.8, 4) is 11.3 Å². The molecular formula is C14H16BrClN2O. The zero-order valence-electron chi connectivity index (χ0n) is 10.9. The van der Waals surface area contributed by atoms with E-state index in [9.17, 15) is 0 Å². The Bertz CT molecular complexity index is 554. The number of hydrogen-bond acceptors (Lipinski definition) is 3. The van der Waals surface area contributed by atoms with Gasteiger partial charge in [-0.15, -0.1) is 0 Å². The number of benzene rings is 1. The molecule has 0 saturated carbocycles. The Morgan fingerprint density at radius 3 is 2.95 bits per heavy atom. The molecular weight excluding hydrogens is 328 g/mol. The third-order valence-corrected chi connectivity index (χ3v) is 3.57. The summed E-state index contributed by atoms with van der Waals surface area (Å²) in [7, 11) is 0. The molecule has 102 valence electrons. The molecule has 0 aliphatic heterocycles. The first-order chi connectivity index (χ1) is 9.06. The van der Waals surface area contributed by atoms with Gasteiger partial charge in [0, 0.05) is 34.1 Å². The number of rotatable bonds is 5. The highest BCUT2D eigenvalue weighted by Crippen LogP contribution is 2.31. The van der Waals surface area contributed by atoms with E-state index in [0.29, 0.717) is 11.1 Å². The van der Waals surface area contributed by atoms with Gasteiger partial charge in [0.05, 0.1) is 6.20 Å². The largest absolute Gasteiger partial charge is 0.441 e. The quantitative estimate of drug-likeness (QED) is 0.879. The van der Waals surface area contributed by atoms with Crippen LogP contribution in [-0.4, -0.2) is 17.6 Å². The van der Waals surface area contributed by atoms with Crippen LogP contribution in [0.5, 0.6) is 0 Å². The van der Waals surface area contributed by atoms with Gasteiger partial charge in [-0.2, -0.15) is 0 Å². The summed E-state index contributed by atoms with van der Waals surface area (Å²) in [4.78, 5) is 4.29. The lowest BCUT2D eigenvalue weighted by atomic mass is 10.2. The summed E-state index contributed by atoms with van der Waals surface area (Å²) in [6, 6.07) is 6.07. The lowest BCUT2D eigenvalue weighted by molar-refractivity contribution is 0.484. The monoisotopic (exact) mass is 342 g/mol. The van der Waals surface area contributed by atoms with E-state index in [1.165, 1.54) is 0 Å². The van der Waals surface area contributed by atoms with Crippen LogP contribution in [0, 0.1) is 0 Å². The van der Waals surface area contributed by atoms with Crippen molar-refractivity contribution in [3.63, 3.8) is 0 Å². The standard InChI is InChI=1S/C14H16BrClN2O/c1-9(2)17-6-5-14-18-8-13(19-14)11-7-10(16)3-4-12(11)15/h3-4,7-9,17H,5-6H2,1-2H3. The van der Waals surface area contributed by atoms with Gasteiger partial charge in [0.1, 0.15) is 0 Å². The molecule has 0 saturated heterocycles. The first-order valence-corrected chi connectivity index (χ1v) is 7.37. The van der Waals surface area contributed by atoms with Gasteiger partial charge in [0.2, 0.25) is 0 Å². The molecule has 0 atom stereocenters. The molecule has 0 radical (unpaired) electrons. The Balaban J connectivity index is 2.10. The van der Waals surface area contributed by atoms with Gasteiger partial charge in [0.25, 0.3) is 0 Å². The topological polar surface area (TPSA) is 38.1 Å². The van der Waals surface area contributed by atoms with Crippen molar-refractivity contribution in [2.45, 2.75) is 26.3 Å². The molecule has 19 heavy (non-hydrogen) atoms. The second-order valence-electron chi connectivity index (χ2n) is 4.60. The van der Waals surface area contributed by atoms with Gasteiger partial charge >= 0.3 is 0 Å². The first kappa shape index (κ1) is 14.6. The molecule has 1 aromatic heterocycles. The van der Waals surface area contributed by atoms with Crippen molar-refractivity contribution in [3.05, 3.63) is 39.8 Å². The van der Waals surface area contributed by atoms with Crippen LogP contribution in [0.4, 0.5) is 0 Å². The minimum atomic E-state index is 0.469. The van der Waals surface area contributed by atoms with E-state index in [0.717, 1.165) is 34.7 Å². The summed E-state index contributed by atoms with van der Waals surface area (Å²) in [5.74, 6) is 1.46. The van der Waals surface area contributed by atoms with Crippen molar-refractivity contribution in [1.29, 1.82) is 0 Å². The summed E-state index contributed by atoms with van der Waals surface area (Å²) in [5, 5.41) is 4.01. The van der Waals surface area contributed by atoms with Crippen LogP contribution in [0.25, 0.3) is 11.3 Å². The zero-order valence-corrected chi connectivity index (χ0v) is 13.3. The van der Waals surface area contributed by atoms with Gasteiger partial charge in [-0.1, -0.05) is 41.4 Å². The maximum absolute atomic E-state index is 6.00. The van der Waals surface area contributed by atoms with Crippen LogP contribution in [0.2, 0.25) is 5.02 Å². The summed E-state index contributed by atoms with van der Waals surface area (Å²) in [6.45, 7) is 5.09. The second kappa shape index (κ2) is 6.55. The molecule has 0 bridgehead atoms. The average Bonchev–Trinajstić information content (AvgIpc) is 2.80. The molecule has 0 aliphatic rings. The Labute approximate surface area is 126 Å². The number of nitrogens with one attached hydrogen (secondary N) is 1. The summed E-state index contributed by atoms with van der Waals surface area (Å²) in [6.07, 6.45) is 2.51. The van der Waals surface area contributed by atoms with E-state index in [1.807, 2.05) is 18.2 Å². The van der Waals surface area contributed by atoms with Gasteiger partial charge in [-0.05, 0) is 18.2 Å². The van der Waals surface area contributed by atoms with Crippen LogP contribution in [-0.2, 0) is 6.42 Å². The maximum Gasteiger partial charge on any atom is 0.196 e. The molecule has 2 rings (SSSR count). The number of nitrogens with zero attached hydrogens (tertiary/aromatic N) is 1. The highest BCUT2D eigenvalue weighted by molar-refractivity contribution is 9.10. The van der Waals surface area contributed by atoms with Crippen molar-refractivity contribution in [1.82, 2.24) is 10.3 Å². The lowest BCUT2D eigenvalue weighted by Gasteiger charge is -2.05. The van der Waals surface area contributed by atoms with Gasteiger partial charge in [-0.25, -0.2) is 4.98 Å². The van der Waals surface area contributed by atoms with Gasteiger partial charge in [0.15, 0.2) is 11.7 Å². The fourth-order valence-electron chi connectivity index (χ4n) is 1.70. The van der Waals surface area contributed by atoms with Crippen molar-refractivity contribution >= 4 is 27.5 Å². The minimum absolute atomic E-state index is 0.469. The van der Waals surface area contributed by atoms with E-state index >= 15 is 0 Å². The third-order valence-electron chi connectivity index (χ3n) is 2.64. The van der Waals surface area contributed by atoms with E-state index < -0.39 is 0 Å². The molecule has 5 heteroatoms. The molecule has 0 spiro atoms. The van der Waals surface area contributed by atoms with E-state index in [1.54, 1.807) is 6.20 Å². The Kier molecular flexibility index (Phi) is 5.02. The SMILES string of the molecule is CC(C)NCCc1ncc(-c2cc(Cl)ccc2Br)o1. The molecule has 1 aromatic carbocycles. The Hall–Kier alpha value is -0.840. The molecule has 0 amide bonds. The highest BCUT2D eigenvalue weighted by Gasteiger charge is 2.10. The van der Waals surface area contributed by atoms with Crippen LogP contribution in [0.1, 0.15) is 19.7 Å². The summed E-state index contributed by atoms with van der Waals surface area (Å²) >= 11 is 9.49. The van der Waals surface area contributed by atoms with Gasteiger partial charge < -0.3 is 9.73 Å². The lowest BCUT2D eigenvalue weighted by Crippen LogP contribution is -2.24. The molecule has 3 nitrogen and oxygen atoms in total. The Morgan fingerprint density at radius 1 is 1.42 bits per heavy atom. The van der Waals surface area contributed by atoms with Crippen molar-refractivity contribution < 1.29 is 4.42 Å². The number of hydrogen-bond donors (Lipinski definition) is 1. The van der Waals surface area contributed by atoms with E-state index in [4.69, 9.17) is 16.0 Å². The maximum atomic E-state index is 6.00. The number of halogens is 2. The van der Waals surface area contributed by atoms with E-state index in [2.05, 4.69) is 40.1 Å². The third kappa shape index (κ3) is 4.06. The molecule has 0 unspecified atom stereocenters. The van der Waals surface area contributed by atoms with Gasteiger partial charge in [-0.3, -0.25) is 0 Å². The smallest absolute Gasteiger partial charge is 0.196 e. The summed E-state index contributed by atoms with van der Waals surface area (Å²) < 4.78 is 6.69. The van der Waals surface area contributed by atoms with Crippen molar-refractivity contribution in [2.75, 3.05) is 6.54 Å². The average molecular weight is 344 g/mol. The van der Waals surface area contributed by atoms with Crippen molar-refractivity contribution in [2.24, 2.45) is 0 Å². The predicted octanol–water partition coefficient (Wildman–Crippen LogP) is 4.30. The molecule has 0 fully saturated rings. The molecule has 2 aromatic rings. The first-order valence-electron chi connectivity index (χ1n) is 6.20. The second-order valence-corrected chi connectivity index (χ2v) is 5.89. The molecule has 0 aliphatic carbocycles. The minimum Gasteiger partial charge on any atom is -0.441 e.